The van der Waals surface area contributed by atoms with Crippen LogP contribution in [0.1, 0.15) is 39.0 Å². The van der Waals surface area contributed by atoms with Crippen molar-refractivity contribution < 1.29 is 18.7 Å². The Balaban J connectivity index is 1.78. The lowest BCUT2D eigenvalue weighted by Gasteiger charge is -2.15. The van der Waals surface area contributed by atoms with Crippen LogP contribution >= 0.6 is 0 Å². The van der Waals surface area contributed by atoms with E-state index in [1.807, 2.05) is 0 Å². The second kappa shape index (κ2) is 7.20. The Kier molecular flexibility index (Phi) is 5.31. The Hall–Kier alpha value is -1.91. The normalized spacial score (nSPS) is 16.5. The van der Waals surface area contributed by atoms with Crippen molar-refractivity contribution in [1.82, 2.24) is 0 Å². The molecule has 1 N–H and O–H groups in total. The first-order valence-corrected chi connectivity index (χ1v) is 7.30. The maximum absolute atomic E-state index is 12.8. The molecule has 4 nitrogen and oxygen atoms in total. The number of carbonyl (C=O) groups is 2. The fourth-order valence-corrected chi connectivity index (χ4v) is 2.53. The summed E-state index contributed by atoms with van der Waals surface area (Å²) in [6, 6.07) is 5.43. The van der Waals surface area contributed by atoms with Gasteiger partial charge in [0.1, 0.15) is 5.82 Å². The van der Waals surface area contributed by atoms with E-state index in [0.717, 1.165) is 12.8 Å². The third-order valence-electron chi connectivity index (χ3n) is 3.72. The number of hydrogen-bond donors (Lipinski definition) is 1. The van der Waals surface area contributed by atoms with Gasteiger partial charge in [-0.3, -0.25) is 9.59 Å². The fraction of sp³-hybridized carbons (Fsp3) is 0.500. The van der Waals surface area contributed by atoms with Crippen molar-refractivity contribution in [3.8, 4) is 0 Å². The first kappa shape index (κ1) is 15.5. The van der Waals surface area contributed by atoms with E-state index in [4.69, 9.17) is 4.74 Å². The van der Waals surface area contributed by atoms with Gasteiger partial charge in [0.05, 0.1) is 0 Å². The number of carbonyl (C=O) groups excluding carboxylic acids is 2. The van der Waals surface area contributed by atoms with Gasteiger partial charge in [-0.1, -0.05) is 12.8 Å². The molecule has 1 aliphatic carbocycles. The van der Waals surface area contributed by atoms with Crippen molar-refractivity contribution in [2.75, 3.05) is 5.32 Å². The number of rotatable bonds is 5. The number of esters is 1. The second-order valence-corrected chi connectivity index (χ2v) is 5.48. The molecular formula is C16H20FNO3. The molecule has 1 aromatic rings. The molecule has 114 valence electrons. The molecule has 0 spiro atoms. The van der Waals surface area contributed by atoms with Crippen LogP contribution in [0.4, 0.5) is 10.1 Å². The van der Waals surface area contributed by atoms with Crippen molar-refractivity contribution >= 4 is 17.6 Å². The Labute approximate surface area is 123 Å². The van der Waals surface area contributed by atoms with Gasteiger partial charge < -0.3 is 10.1 Å². The van der Waals surface area contributed by atoms with Crippen LogP contribution in [0, 0.1) is 11.7 Å². The summed E-state index contributed by atoms with van der Waals surface area (Å²) >= 11 is 0. The predicted octanol–water partition coefficient (Wildman–Crippen LogP) is 3.28. The van der Waals surface area contributed by atoms with Gasteiger partial charge in [0.2, 0.25) is 0 Å². The molecule has 0 aromatic heterocycles. The molecule has 1 fully saturated rings. The molecule has 0 aliphatic heterocycles. The van der Waals surface area contributed by atoms with E-state index in [1.165, 1.54) is 44.0 Å². The minimum atomic E-state index is -0.857. The maximum Gasteiger partial charge on any atom is 0.306 e. The van der Waals surface area contributed by atoms with E-state index in [1.54, 1.807) is 0 Å². The van der Waals surface area contributed by atoms with Gasteiger partial charge in [-0.05, 0) is 49.9 Å². The zero-order valence-corrected chi connectivity index (χ0v) is 12.1. The lowest BCUT2D eigenvalue weighted by Crippen LogP contribution is -2.30. The molecule has 2 rings (SSSR count). The highest BCUT2D eigenvalue weighted by atomic mass is 19.1. The zero-order valence-electron chi connectivity index (χ0n) is 12.1. The van der Waals surface area contributed by atoms with Crippen molar-refractivity contribution in [2.24, 2.45) is 5.92 Å². The van der Waals surface area contributed by atoms with Gasteiger partial charge in [-0.15, -0.1) is 0 Å². The Morgan fingerprint density at radius 2 is 1.90 bits per heavy atom. The quantitative estimate of drug-likeness (QED) is 0.848. The summed E-state index contributed by atoms with van der Waals surface area (Å²) in [5, 5.41) is 2.59. The lowest BCUT2D eigenvalue weighted by molar-refractivity contribution is -0.154. The average Bonchev–Trinajstić information content (AvgIpc) is 2.94. The van der Waals surface area contributed by atoms with E-state index >= 15 is 0 Å². The van der Waals surface area contributed by atoms with Crippen molar-refractivity contribution in [3.05, 3.63) is 30.1 Å². The molecule has 5 heteroatoms. The van der Waals surface area contributed by atoms with Gasteiger partial charge in [-0.2, -0.15) is 0 Å². The van der Waals surface area contributed by atoms with Crippen LogP contribution in [0.15, 0.2) is 24.3 Å². The van der Waals surface area contributed by atoms with Crippen LogP contribution in [-0.2, 0) is 14.3 Å². The first-order valence-electron chi connectivity index (χ1n) is 7.30. The number of hydrogen-bond acceptors (Lipinski definition) is 3. The van der Waals surface area contributed by atoms with Crippen LogP contribution in [0.2, 0.25) is 0 Å². The number of nitrogens with one attached hydrogen (secondary N) is 1. The van der Waals surface area contributed by atoms with Crippen LogP contribution in [0.5, 0.6) is 0 Å². The van der Waals surface area contributed by atoms with E-state index in [2.05, 4.69) is 5.32 Å². The van der Waals surface area contributed by atoms with E-state index < -0.39 is 12.0 Å². The molecular weight excluding hydrogens is 273 g/mol. The third-order valence-corrected chi connectivity index (χ3v) is 3.72. The summed E-state index contributed by atoms with van der Waals surface area (Å²) < 4.78 is 17.9. The SMILES string of the molecule is C[C@H](OC(=O)CC1CCCC1)C(=O)Nc1ccc(F)cc1. The minimum absolute atomic E-state index is 0.330. The molecule has 1 aromatic carbocycles. The average molecular weight is 293 g/mol. The summed E-state index contributed by atoms with van der Waals surface area (Å²) in [5.41, 5.74) is 0.472. The maximum atomic E-state index is 12.8. The second-order valence-electron chi connectivity index (χ2n) is 5.48. The van der Waals surface area contributed by atoms with E-state index in [0.29, 0.717) is 18.0 Å². The van der Waals surface area contributed by atoms with Crippen LogP contribution in [0.25, 0.3) is 0 Å². The van der Waals surface area contributed by atoms with Gasteiger partial charge >= 0.3 is 5.97 Å². The summed E-state index contributed by atoms with van der Waals surface area (Å²) in [4.78, 5) is 23.6. The third kappa shape index (κ3) is 4.85. The van der Waals surface area contributed by atoms with Gasteiger partial charge in [0.25, 0.3) is 5.91 Å². The fourth-order valence-electron chi connectivity index (χ4n) is 2.53. The molecule has 0 heterocycles. The Bertz CT molecular complexity index is 495. The van der Waals surface area contributed by atoms with Crippen molar-refractivity contribution in [1.29, 1.82) is 0 Å². The molecule has 0 bridgehead atoms. The molecule has 21 heavy (non-hydrogen) atoms. The molecule has 1 amide bonds. The lowest BCUT2D eigenvalue weighted by atomic mass is 10.0. The zero-order chi connectivity index (χ0) is 15.2. The van der Waals surface area contributed by atoms with Gasteiger partial charge in [0.15, 0.2) is 6.10 Å². The molecule has 0 saturated heterocycles. The van der Waals surface area contributed by atoms with Crippen LogP contribution in [-0.4, -0.2) is 18.0 Å². The molecule has 1 saturated carbocycles. The minimum Gasteiger partial charge on any atom is -0.453 e. The Morgan fingerprint density at radius 3 is 2.52 bits per heavy atom. The summed E-state index contributed by atoms with van der Waals surface area (Å²) in [5.74, 6) is -0.723. The number of amides is 1. The highest BCUT2D eigenvalue weighted by Crippen LogP contribution is 2.27. The molecule has 1 aliphatic rings. The van der Waals surface area contributed by atoms with Gasteiger partial charge in [0, 0.05) is 12.1 Å². The van der Waals surface area contributed by atoms with E-state index in [9.17, 15) is 14.0 Å². The molecule has 0 radical (unpaired) electrons. The summed E-state index contributed by atoms with van der Waals surface area (Å²) in [7, 11) is 0. The highest BCUT2D eigenvalue weighted by Gasteiger charge is 2.23. The summed E-state index contributed by atoms with van der Waals surface area (Å²) in [6.07, 6.45) is 3.98. The smallest absolute Gasteiger partial charge is 0.306 e. The van der Waals surface area contributed by atoms with Crippen LogP contribution in [0.3, 0.4) is 0 Å². The monoisotopic (exact) mass is 293 g/mol. The number of halogens is 1. The van der Waals surface area contributed by atoms with Crippen molar-refractivity contribution in [3.63, 3.8) is 0 Å². The van der Waals surface area contributed by atoms with Crippen LogP contribution < -0.4 is 5.32 Å². The largest absolute Gasteiger partial charge is 0.453 e. The molecule has 0 unspecified atom stereocenters. The first-order chi connectivity index (χ1) is 10.0. The standard InChI is InChI=1S/C16H20FNO3/c1-11(21-15(19)10-12-4-2-3-5-12)16(20)18-14-8-6-13(17)7-9-14/h6-9,11-12H,2-5,10H2,1H3,(H,18,20)/t11-/m0/s1. The number of benzene rings is 1. The Morgan fingerprint density at radius 1 is 1.29 bits per heavy atom. The molecule has 1 atom stereocenters. The number of anilines is 1. The van der Waals surface area contributed by atoms with E-state index in [-0.39, 0.29) is 11.8 Å². The van der Waals surface area contributed by atoms with Gasteiger partial charge in [-0.25, -0.2) is 4.39 Å². The topological polar surface area (TPSA) is 55.4 Å². The number of ether oxygens (including phenoxy) is 1. The summed E-state index contributed by atoms with van der Waals surface area (Å²) in [6.45, 7) is 1.53. The highest BCUT2D eigenvalue weighted by molar-refractivity contribution is 5.95. The predicted molar refractivity (Wildman–Crippen MR) is 77.2 cm³/mol. The van der Waals surface area contributed by atoms with Crippen molar-refractivity contribution in [2.45, 2.75) is 45.1 Å².